The number of nitrogens with two attached hydrogens (primary N) is 1. The normalized spacial score (nSPS) is 11.4. The Kier molecular flexibility index (Phi) is 4.65. The molecule has 21 heavy (non-hydrogen) atoms. The SMILES string of the molecule is Cc1ccc(NS(=O)(=O)c2cc(Br)cc(N)c2C)c(Br)c1. The van der Waals surface area contributed by atoms with E-state index in [-0.39, 0.29) is 4.90 Å². The first kappa shape index (κ1) is 16.3. The van der Waals surface area contributed by atoms with Gasteiger partial charge in [-0.1, -0.05) is 22.0 Å². The van der Waals surface area contributed by atoms with Crippen molar-refractivity contribution in [3.8, 4) is 0 Å². The molecule has 2 rings (SSSR count). The van der Waals surface area contributed by atoms with Crippen LogP contribution in [0.5, 0.6) is 0 Å². The third-order valence-corrected chi connectivity index (χ3v) is 5.63. The zero-order valence-electron chi connectivity index (χ0n) is 11.4. The molecule has 112 valence electrons. The number of aryl methyl sites for hydroxylation is 1. The molecule has 0 amide bonds. The monoisotopic (exact) mass is 432 g/mol. The summed E-state index contributed by atoms with van der Waals surface area (Å²) < 4.78 is 29.0. The highest BCUT2D eigenvalue weighted by atomic mass is 79.9. The van der Waals surface area contributed by atoms with Crippen LogP contribution in [0.4, 0.5) is 11.4 Å². The maximum absolute atomic E-state index is 12.6. The van der Waals surface area contributed by atoms with Crippen molar-refractivity contribution in [2.75, 3.05) is 10.5 Å². The van der Waals surface area contributed by atoms with Gasteiger partial charge in [0.15, 0.2) is 0 Å². The van der Waals surface area contributed by atoms with E-state index in [1.54, 1.807) is 19.1 Å². The predicted molar refractivity (Wildman–Crippen MR) is 93.0 cm³/mol. The number of hydrogen-bond donors (Lipinski definition) is 2. The highest BCUT2D eigenvalue weighted by Crippen LogP contribution is 2.30. The van der Waals surface area contributed by atoms with Gasteiger partial charge in [0.05, 0.1) is 10.6 Å². The van der Waals surface area contributed by atoms with Gasteiger partial charge in [-0.05, 0) is 65.2 Å². The van der Waals surface area contributed by atoms with E-state index in [1.807, 2.05) is 19.1 Å². The lowest BCUT2D eigenvalue weighted by Crippen LogP contribution is -2.15. The molecule has 3 N–H and O–H groups in total. The van der Waals surface area contributed by atoms with E-state index < -0.39 is 10.0 Å². The van der Waals surface area contributed by atoms with Gasteiger partial charge in [0.25, 0.3) is 10.0 Å². The third-order valence-electron chi connectivity index (χ3n) is 3.02. The Morgan fingerprint density at radius 3 is 2.38 bits per heavy atom. The lowest BCUT2D eigenvalue weighted by atomic mass is 10.2. The number of anilines is 2. The molecule has 0 fully saturated rings. The fourth-order valence-corrected chi connectivity index (χ4v) is 4.59. The molecule has 0 aliphatic rings. The van der Waals surface area contributed by atoms with E-state index in [1.165, 1.54) is 6.07 Å². The first-order valence-corrected chi connectivity index (χ1v) is 9.12. The van der Waals surface area contributed by atoms with E-state index >= 15 is 0 Å². The molecule has 7 heteroatoms. The molecule has 0 saturated heterocycles. The molecule has 4 nitrogen and oxygen atoms in total. The molecular weight excluding hydrogens is 420 g/mol. The second-order valence-electron chi connectivity index (χ2n) is 4.71. The molecule has 0 radical (unpaired) electrons. The number of rotatable bonds is 3. The first-order valence-electron chi connectivity index (χ1n) is 6.05. The first-order chi connectivity index (χ1) is 9.70. The van der Waals surface area contributed by atoms with Gasteiger partial charge < -0.3 is 5.73 Å². The Morgan fingerprint density at radius 1 is 1.10 bits per heavy atom. The minimum atomic E-state index is -3.71. The summed E-state index contributed by atoms with van der Waals surface area (Å²) >= 11 is 6.63. The average molecular weight is 434 g/mol. The summed E-state index contributed by atoms with van der Waals surface area (Å²) in [6.45, 7) is 3.61. The van der Waals surface area contributed by atoms with Crippen molar-refractivity contribution in [3.63, 3.8) is 0 Å². The van der Waals surface area contributed by atoms with E-state index in [0.717, 1.165) is 5.56 Å². The second kappa shape index (κ2) is 5.98. The summed E-state index contributed by atoms with van der Waals surface area (Å²) in [7, 11) is -3.71. The molecule has 0 bridgehead atoms. The Balaban J connectivity index is 2.48. The van der Waals surface area contributed by atoms with E-state index in [9.17, 15) is 8.42 Å². The van der Waals surface area contributed by atoms with Crippen molar-refractivity contribution in [2.45, 2.75) is 18.7 Å². The number of nitrogens with one attached hydrogen (secondary N) is 1. The summed E-state index contributed by atoms with van der Waals surface area (Å²) in [5.74, 6) is 0. The number of sulfonamides is 1. The molecule has 0 unspecified atom stereocenters. The van der Waals surface area contributed by atoms with Gasteiger partial charge in [0.1, 0.15) is 0 Å². The fourth-order valence-electron chi connectivity index (χ4n) is 1.86. The highest BCUT2D eigenvalue weighted by molar-refractivity contribution is 9.10. The van der Waals surface area contributed by atoms with Crippen LogP contribution in [-0.2, 0) is 10.0 Å². The molecule has 0 saturated carbocycles. The van der Waals surface area contributed by atoms with Crippen LogP contribution in [-0.4, -0.2) is 8.42 Å². The number of halogens is 2. The second-order valence-corrected chi connectivity index (χ2v) is 8.13. The van der Waals surface area contributed by atoms with E-state index in [2.05, 4.69) is 36.6 Å². The molecule has 0 aromatic heterocycles. The van der Waals surface area contributed by atoms with Gasteiger partial charge in [0, 0.05) is 14.6 Å². The van der Waals surface area contributed by atoms with Crippen molar-refractivity contribution in [2.24, 2.45) is 0 Å². The van der Waals surface area contributed by atoms with Crippen LogP contribution in [0.1, 0.15) is 11.1 Å². The van der Waals surface area contributed by atoms with Crippen LogP contribution in [0.2, 0.25) is 0 Å². The van der Waals surface area contributed by atoms with Gasteiger partial charge >= 0.3 is 0 Å². The Morgan fingerprint density at radius 2 is 1.76 bits per heavy atom. The summed E-state index contributed by atoms with van der Waals surface area (Å²) in [4.78, 5) is 0.154. The maximum atomic E-state index is 12.6. The maximum Gasteiger partial charge on any atom is 0.262 e. The quantitative estimate of drug-likeness (QED) is 0.712. The molecule has 0 spiro atoms. The van der Waals surface area contributed by atoms with Gasteiger partial charge in [-0.3, -0.25) is 4.72 Å². The smallest absolute Gasteiger partial charge is 0.262 e. The zero-order chi connectivity index (χ0) is 15.8. The van der Waals surface area contributed by atoms with Crippen molar-refractivity contribution >= 4 is 53.3 Å². The summed E-state index contributed by atoms with van der Waals surface area (Å²) in [6.07, 6.45) is 0. The summed E-state index contributed by atoms with van der Waals surface area (Å²) in [6, 6.07) is 8.62. The van der Waals surface area contributed by atoms with Crippen LogP contribution in [0.25, 0.3) is 0 Å². The van der Waals surface area contributed by atoms with Crippen LogP contribution >= 0.6 is 31.9 Å². The molecule has 2 aromatic carbocycles. The van der Waals surface area contributed by atoms with Crippen LogP contribution < -0.4 is 10.5 Å². The molecule has 0 aliphatic heterocycles. The Labute approximate surface area is 141 Å². The van der Waals surface area contributed by atoms with Crippen molar-refractivity contribution in [3.05, 3.63) is 50.4 Å². The summed E-state index contributed by atoms with van der Waals surface area (Å²) in [5, 5.41) is 0. The Hall–Kier alpha value is -1.05. The van der Waals surface area contributed by atoms with Crippen LogP contribution in [0, 0.1) is 13.8 Å². The zero-order valence-corrected chi connectivity index (χ0v) is 15.4. The topological polar surface area (TPSA) is 72.2 Å². The van der Waals surface area contributed by atoms with Gasteiger partial charge in [-0.15, -0.1) is 0 Å². The molecule has 2 aromatic rings. The molecule has 0 heterocycles. The number of benzene rings is 2. The fraction of sp³-hybridized carbons (Fsp3) is 0.143. The van der Waals surface area contributed by atoms with Gasteiger partial charge in [0.2, 0.25) is 0 Å². The summed E-state index contributed by atoms with van der Waals surface area (Å²) in [5.41, 5.74) is 8.30. The lowest BCUT2D eigenvalue weighted by molar-refractivity contribution is 0.600. The third kappa shape index (κ3) is 3.59. The number of hydrogen-bond acceptors (Lipinski definition) is 3. The molecular formula is C14H14Br2N2O2S. The average Bonchev–Trinajstić information content (AvgIpc) is 2.37. The van der Waals surface area contributed by atoms with Crippen molar-refractivity contribution < 1.29 is 8.42 Å². The van der Waals surface area contributed by atoms with Gasteiger partial charge in [-0.2, -0.15) is 0 Å². The van der Waals surface area contributed by atoms with Crippen LogP contribution in [0.3, 0.4) is 0 Å². The van der Waals surface area contributed by atoms with E-state index in [0.29, 0.717) is 25.9 Å². The number of nitrogen functional groups attached to an aromatic ring is 1. The molecule has 0 atom stereocenters. The van der Waals surface area contributed by atoms with Crippen molar-refractivity contribution in [1.29, 1.82) is 0 Å². The lowest BCUT2D eigenvalue weighted by Gasteiger charge is -2.14. The minimum absolute atomic E-state index is 0.154. The van der Waals surface area contributed by atoms with E-state index in [4.69, 9.17) is 5.73 Å². The van der Waals surface area contributed by atoms with Gasteiger partial charge in [-0.25, -0.2) is 8.42 Å². The predicted octanol–water partition coefficient (Wildman–Crippen LogP) is 4.21. The highest BCUT2D eigenvalue weighted by Gasteiger charge is 2.20. The van der Waals surface area contributed by atoms with Crippen LogP contribution in [0.15, 0.2) is 44.2 Å². The largest absolute Gasteiger partial charge is 0.398 e. The van der Waals surface area contributed by atoms with Crippen molar-refractivity contribution in [1.82, 2.24) is 0 Å². The molecule has 0 aliphatic carbocycles. The Bertz CT molecular complexity index is 805. The standard InChI is InChI=1S/C14H14Br2N2O2S/c1-8-3-4-13(11(16)5-8)18-21(19,20)14-7-10(15)6-12(17)9(14)2/h3-7,18H,17H2,1-2H3. The minimum Gasteiger partial charge on any atom is -0.398 e.